The van der Waals surface area contributed by atoms with Crippen molar-refractivity contribution in [3.63, 3.8) is 0 Å². The molecule has 7 heteroatoms. The molecule has 1 fully saturated rings. The monoisotopic (exact) mass is 392 g/mol. The first-order chi connectivity index (χ1) is 13.5. The molecule has 2 aromatic carbocycles. The van der Waals surface area contributed by atoms with E-state index in [0.717, 1.165) is 0 Å². The van der Waals surface area contributed by atoms with Crippen LogP contribution >= 0.6 is 12.2 Å². The number of amides is 2. The van der Waals surface area contributed by atoms with E-state index in [4.69, 9.17) is 16.6 Å². The van der Waals surface area contributed by atoms with Crippen LogP contribution in [0.3, 0.4) is 0 Å². The number of nitrogens with zero attached hydrogens (tertiary/aromatic N) is 1. The molecule has 1 saturated heterocycles. The normalized spacial score (nSPS) is 15.8. The van der Waals surface area contributed by atoms with E-state index in [1.54, 1.807) is 48.5 Å². The van der Waals surface area contributed by atoms with Crippen LogP contribution in [0.1, 0.15) is 5.76 Å². The topological polar surface area (TPSA) is 62.6 Å². The molecule has 1 aliphatic heterocycles. The van der Waals surface area contributed by atoms with Crippen molar-refractivity contribution >= 4 is 40.9 Å². The quantitative estimate of drug-likeness (QED) is 0.417. The van der Waals surface area contributed by atoms with Crippen LogP contribution < -0.4 is 10.2 Å². The van der Waals surface area contributed by atoms with Crippen LogP contribution in [0.4, 0.5) is 10.1 Å². The van der Waals surface area contributed by atoms with Gasteiger partial charge in [-0.05, 0) is 54.7 Å². The first-order valence-electron chi connectivity index (χ1n) is 8.35. The van der Waals surface area contributed by atoms with Gasteiger partial charge in [-0.25, -0.2) is 4.39 Å². The number of hydrogen-bond acceptors (Lipinski definition) is 4. The molecule has 4 rings (SSSR count). The maximum Gasteiger partial charge on any atom is 0.270 e. The molecule has 138 valence electrons. The predicted octanol–water partition coefficient (Wildman–Crippen LogP) is 3.92. The first kappa shape index (κ1) is 17.8. The van der Waals surface area contributed by atoms with Gasteiger partial charge in [0.2, 0.25) is 0 Å². The summed E-state index contributed by atoms with van der Waals surface area (Å²) in [6.45, 7) is 0. The molecule has 1 aromatic heterocycles. The second kappa shape index (κ2) is 7.21. The molecule has 0 spiro atoms. The highest BCUT2D eigenvalue weighted by molar-refractivity contribution is 7.80. The lowest BCUT2D eigenvalue weighted by atomic mass is 10.1. The molecule has 2 heterocycles. The Balaban J connectivity index is 1.68. The standard InChI is InChI=1S/C21H13FN2O3S/c22-14-6-4-5-13(11-14)18-10-9-16(27-18)12-17-19(25)23-21(28)24(20(17)26)15-7-2-1-3-8-15/h1-12H,(H,23,25,28)/b17-12+. The van der Waals surface area contributed by atoms with E-state index in [1.807, 2.05) is 6.07 Å². The van der Waals surface area contributed by atoms with E-state index in [9.17, 15) is 14.0 Å². The van der Waals surface area contributed by atoms with E-state index in [2.05, 4.69) is 5.32 Å². The van der Waals surface area contributed by atoms with Crippen LogP contribution in [-0.4, -0.2) is 16.9 Å². The third-order valence-electron chi connectivity index (χ3n) is 4.14. The van der Waals surface area contributed by atoms with Crippen molar-refractivity contribution in [2.45, 2.75) is 0 Å². The fourth-order valence-corrected chi connectivity index (χ4v) is 3.12. The highest BCUT2D eigenvalue weighted by atomic mass is 32.1. The Labute approximate surface area is 165 Å². The van der Waals surface area contributed by atoms with E-state index < -0.39 is 11.8 Å². The molecule has 0 saturated carbocycles. The fourth-order valence-electron chi connectivity index (χ4n) is 2.84. The Hall–Kier alpha value is -3.58. The van der Waals surface area contributed by atoms with Crippen molar-refractivity contribution in [2.24, 2.45) is 0 Å². The van der Waals surface area contributed by atoms with Gasteiger partial charge in [0.05, 0.1) is 5.69 Å². The third kappa shape index (κ3) is 3.35. The van der Waals surface area contributed by atoms with Gasteiger partial charge in [-0.3, -0.25) is 19.8 Å². The largest absolute Gasteiger partial charge is 0.457 e. The third-order valence-corrected chi connectivity index (χ3v) is 4.42. The molecule has 28 heavy (non-hydrogen) atoms. The zero-order chi connectivity index (χ0) is 19.7. The van der Waals surface area contributed by atoms with Crippen molar-refractivity contribution in [1.29, 1.82) is 0 Å². The SMILES string of the molecule is O=C1NC(=S)N(c2ccccc2)C(=O)/C1=C/c1ccc(-c2cccc(F)c2)o1. The van der Waals surface area contributed by atoms with Gasteiger partial charge in [0, 0.05) is 5.56 Å². The summed E-state index contributed by atoms with van der Waals surface area (Å²) in [6, 6.07) is 18.0. The number of nitrogens with one attached hydrogen (secondary N) is 1. The number of halogens is 1. The van der Waals surface area contributed by atoms with E-state index >= 15 is 0 Å². The lowest BCUT2D eigenvalue weighted by Gasteiger charge is -2.28. The summed E-state index contributed by atoms with van der Waals surface area (Å²) in [5, 5.41) is 2.52. The Morgan fingerprint density at radius 2 is 1.79 bits per heavy atom. The molecule has 2 amide bonds. The van der Waals surface area contributed by atoms with Crippen LogP contribution in [0, 0.1) is 5.82 Å². The molecule has 0 bridgehead atoms. The number of thiocarbonyl (C=S) groups is 1. The van der Waals surface area contributed by atoms with Crippen molar-refractivity contribution < 1.29 is 18.4 Å². The molecule has 3 aromatic rings. The Morgan fingerprint density at radius 3 is 2.54 bits per heavy atom. The number of hydrogen-bond donors (Lipinski definition) is 1. The molecular weight excluding hydrogens is 379 g/mol. The lowest BCUT2D eigenvalue weighted by molar-refractivity contribution is -0.122. The number of anilines is 1. The van der Waals surface area contributed by atoms with Gasteiger partial charge in [0.15, 0.2) is 5.11 Å². The summed E-state index contributed by atoms with van der Waals surface area (Å²) < 4.78 is 19.1. The Morgan fingerprint density at radius 1 is 1.00 bits per heavy atom. The van der Waals surface area contributed by atoms with Crippen LogP contribution in [0.5, 0.6) is 0 Å². The van der Waals surface area contributed by atoms with Gasteiger partial charge in [0.1, 0.15) is 22.9 Å². The molecule has 0 unspecified atom stereocenters. The molecule has 1 aliphatic rings. The number of carbonyl (C=O) groups excluding carboxylic acids is 2. The minimum Gasteiger partial charge on any atom is -0.457 e. The van der Waals surface area contributed by atoms with Crippen LogP contribution in [0.25, 0.3) is 17.4 Å². The molecule has 0 aliphatic carbocycles. The first-order valence-corrected chi connectivity index (χ1v) is 8.76. The summed E-state index contributed by atoms with van der Waals surface area (Å²) in [4.78, 5) is 26.5. The zero-order valence-electron chi connectivity index (χ0n) is 14.4. The second-order valence-corrected chi connectivity index (χ2v) is 6.39. The van der Waals surface area contributed by atoms with Gasteiger partial charge < -0.3 is 4.42 Å². The van der Waals surface area contributed by atoms with E-state index in [0.29, 0.717) is 22.8 Å². The average molecular weight is 392 g/mol. The van der Waals surface area contributed by atoms with Crippen LogP contribution in [0.15, 0.2) is 76.7 Å². The highest BCUT2D eigenvalue weighted by Gasteiger charge is 2.34. The minimum absolute atomic E-state index is 0.0123. The van der Waals surface area contributed by atoms with Crippen molar-refractivity contribution in [3.05, 3.63) is 83.9 Å². The molecule has 1 N–H and O–H groups in total. The number of carbonyl (C=O) groups is 2. The van der Waals surface area contributed by atoms with Gasteiger partial charge in [-0.2, -0.15) is 0 Å². The molecule has 0 atom stereocenters. The van der Waals surface area contributed by atoms with E-state index in [-0.39, 0.29) is 16.5 Å². The molecule has 5 nitrogen and oxygen atoms in total. The maximum atomic E-state index is 13.4. The summed E-state index contributed by atoms with van der Waals surface area (Å²) >= 11 is 5.15. The average Bonchev–Trinajstić information content (AvgIpc) is 3.15. The maximum absolute atomic E-state index is 13.4. The summed E-state index contributed by atoms with van der Waals surface area (Å²) in [5.74, 6) is -0.832. The second-order valence-electron chi connectivity index (χ2n) is 6.01. The zero-order valence-corrected chi connectivity index (χ0v) is 15.2. The number of para-hydroxylation sites is 1. The lowest BCUT2D eigenvalue weighted by Crippen LogP contribution is -2.54. The highest BCUT2D eigenvalue weighted by Crippen LogP contribution is 2.26. The predicted molar refractivity (Wildman–Crippen MR) is 107 cm³/mol. The van der Waals surface area contributed by atoms with Crippen LogP contribution in [-0.2, 0) is 9.59 Å². The number of rotatable bonds is 3. The van der Waals surface area contributed by atoms with Crippen molar-refractivity contribution in [1.82, 2.24) is 5.32 Å². The Kier molecular flexibility index (Phi) is 4.58. The van der Waals surface area contributed by atoms with Gasteiger partial charge >= 0.3 is 0 Å². The van der Waals surface area contributed by atoms with Gasteiger partial charge in [-0.1, -0.05) is 30.3 Å². The smallest absolute Gasteiger partial charge is 0.270 e. The minimum atomic E-state index is -0.606. The number of benzene rings is 2. The van der Waals surface area contributed by atoms with E-state index in [1.165, 1.54) is 23.1 Å². The number of furan rings is 1. The van der Waals surface area contributed by atoms with Crippen LogP contribution in [0.2, 0.25) is 0 Å². The molecular formula is C21H13FN2O3S. The summed E-state index contributed by atoms with van der Waals surface area (Å²) in [6.07, 6.45) is 1.35. The fraction of sp³-hybridized carbons (Fsp3) is 0. The van der Waals surface area contributed by atoms with Crippen molar-refractivity contribution in [2.75, 3.05) is 4.90 Å². The Bertz CT molecular complexity index is 1120. The summed E-state index contributed by atoms with van der Waals surface area (Å²) in [5.41, 5.74) is 0.983. The molecule has 0 radical (unpaired) electrons. The van der Waals surface area contributed by atoms with Gasteiger partial charge in [0.25, 0.3) is 11.8 Å². The van der Waals surface area contributed by atoms with Crippen molar-refractivity contribution in [3.8, 4) is 11.3 Å². The van der Waals surface area contributed by atoms with Gasteiger partial charge in [-0.15, -0.1) is 0 Å². The summed E-state index contributed by atoms with van der Waals surface area (Å²) in [7, 11) is 0.